The SMILES string of the molecule is CCCCCCCCCCCCCCOC(=O)CCNCCNCCO. The van der Waals surface area contributed by atoms with E-state index in [2.05, 4.69) is 17.6 Å². The van der Waals surface area contributed by atoms with Crippen molar-refractivity contribution in [1.29, 1.82) is 0 Å². The molecule has 0 rings (SSSR count). The van der Waals surface area contributed by atoms with Gasteiger partial charge in [-0.2, -0.15) is 0 Å². The number of hydrogen-bond donors (Lipinski definition) is 3. The number of aliphatic hydroxyl groups is 1. The molecule has 0 heterocycles. The van der Waals surface area contributed by atoms with E-state index in [1.807, 2.05) is 0 Å². The van der Waals surface area contributed by atoms with E-state index in [9.17, 15) is 4.79 Å². The highest BCUT2D eigenvalue weighted by Gasteiger charge is 2.02. The molecule has 26 heavy (non-hydrogen) atoms. The molecule has 0 fully saturated rings. The largest absolute Gasteiger partial charge is 0.466 e. The fourth-order valence-electron chi connectivity index (χ4n) is 2.90. The Morgan fingerprint density at radius 2 is 1.23 bits per heavy atom. The van der Waals surface area contributed by atoms with Crippen molar-refractivity contribution in [2.45, 2.75) is 90.4 Å². The predicted octanol–water partition coefficient (Wildman–Crippen LogP) is 3.79. The second-order valence-corrected chi connectivity index (χ2v) is 7.08. The van der Waals surface area contributed by atoms with Crippen LogP contribution in [0.5, 0.6) is 0 Å². The second kappa shape index (κ2) is 22.4. The number of esters is 1. The van der Waals surface area contributed by atoms with E-state index in [1.165, 1.54) is 70.6 Å². The summed E-state index contributed by atoms with van der Waals surface area (Å²) in [6, 6.07) is 0. The van der Waals surface area contributed by atoms with Crippen LogP contribution >= 0.6 is 0 Å². The fraction of sp³-hybridized carbons (Fsp3) is 0.952. The van der Waals surface area contributed by atoms with E-state index in [4.69, 9.17) is 9.84 Å². The van der Waals surface area contributed by atoms with Crippen LogP contribution in [-0.2, 0) is 9.53 Å². The summed E-state index contributed by atoms with van der Waals surface area (Å²) in [5.41, 5.74) is 0. The van der Waals surface area contributed by atoms with Crippen molar-refractivity contribution in [3.05, 3.63) is 0 Å². The Labute approximate surface area is 161 Å². The Bertz CT molecular complexity index is 288. The summed E-state index contributed by atoms with van der Waals surface area (Å²) in [6.45, 7) is 5.85. The van der Waals surface area contributed by atoms with Crippen LogP contribution in [0.15, 0.2) is 0 Å². The van der Waals surface area contributed by atoms with Crippen LogP contribution in [0.3, 0.4) is 0 Å². The zero-order valence-corrected chi connectivity index (χ0v) is 17.2. The van der Waals surface area contributed by atoms with Gasteiger partial charge in [0.2, 0.25) is 0 Å². The van der Waals surface area contributed by atoms with E-state index in [0.29, 0.717) is 26.1 Å². The van der Waals surface area contributed by atoms with Crippen LogP contribution in [-0.4, -0.2) is 50.5 Å². The zero-order chi connectivity index (χ0) is 19.1. The van der Waals surface area contributed by atoms with Gasteiger partial charge in [0.1, 0.15) is 0 Å². The fourth-order valence-corrected chi connectivity index (χ4v) is 2.90. The minimum Gasteiger partial charge on any atom is -0.466 e. The van der Waals surface area contributed by atoms with Crippen LogP contribution in [0.4, 0.5) is 0 Å². The molecule has 0 radical (unpaired) electrons. The maximum absolute atomic E-state index is 11.6. The van der Waals surface area contributed by atoms with Gasteiger partial charge in [-0.3, -0.25) is 4.79 Å². The Balaban J connectivity index is 3.12. The number of unbranched alkanes of at least 4 members (excludes halogenated alkanes) is 11. The minimum absolute atomic E-state index is 0.108. The van der Waals surface area contributed by atoms with Crippen molar-refractivity contribution < 1.29 is 14.6 Å². The molecule has 0 saturated carbocycles. The molecule has 0 aliphatic carbocycles. The normalized spacial score (nSPS) is 11.0. The molecule has 0 aliphatic rings. The monoisotopic (exact) mass is 372 g/mol. The first-order valence-electron chi connectivity index (χ1n) is 11.0. The number of ether oxygens (including phenoxy) is 1. The van der Waals surface area contributed by atoms with Gasteiger partial charge in [0.15, 0.2) is 0 Å². The first-order chi connectivity index (χ1) is 12.8. The van der Waals surface area contributed by atoms with Gasteiger partial charge in [0.25, 0.3) is 0 Å². The smallest absolute Gasteiger partial charge is 0.307 e. The summed E-state index contributed by atoms with van der Waals surface area (Å²) in [6.07, 6.45) is 16.2. The molecule has 0 unspecified atom stereocenters. The molecule has 5 heteroatoms. The lowest BCUT2D eigenvalue weighted by atomic mass is 10.1. The van der Waals surface area contributed by atoms with E-state index in [0.717, 1.165) is 19.5 Å². The Kier molecular flexibility index (Phi) is 21.8. The van der Waals surface area contributed by atoms with Crippen molar-refractivity contribution in [3.63, 3.8) is 0 Å². The van der Waals surface area contributed by atoms with E-state index >= 15 is 0 Å². The maximum atomic E-state index is 11.6. The molecular weight excluding hydrogens is 328 g/mol. The predicted molar refractivity (Wildman–Crippen MR) is 109 cm³/mol. The lowest BCUT2D eigenvalue weighted by molar-refractivity contribution is -0.143. The van der Waals surface area contributed by atoms with Gasteiger partial charge in [-0.25, -0.2) is 0 Å². The molecule has 3 N–H and O–H groups in total. The standard InChI is InChI=1S/C21H44N2O3/c1-2-3-4-5-6-7-8-9-10-11-12-13-20-26-21(25)14-15-22-16-17-23-18-19-24/h22-24H,2-20H2,1H3. The molecule has 0 aromatic heterocycles. The number of nitrogens with one attached hydrogen (secondary N) is 2. The molecule has 0 bridgehead atoms. The lowest BCUT2D eigenvalue weighted by Gasteiger charge is -2.07. The van der Waals surface area contributed by atoms with Gasteiger partial charge in [0, 0.05) is 26.2 Å². The number of carbonyl (C=O) groups is 1. The molecule has 0 amide bonds. The van der Waals surface area contributed by atoms with E-state index in [1.54, 1.807) is 0 Å². The van der Waals surface area contributed by atoms with Gasteiger partial charge in [-0.05, 0) is 6.42 Å². The van der Waals surface area contributed by atoms with Crippen LogP contribution in [0.2, 0.25) is 0 Å². The molecular formula is C21H44N2O3. The number of rotatable bonds is 21. The first kappa shape index (κ1) is 25.4. The van der Waals surface area contributed by atoms with E-state index < -0.39 is 0 Å². The van der Waals surface area contributed by atoms with Crippen molar-refractivity contribution in [2.75, 3.05) is 39.4 Å². The summed E-state index contributed by atoms with van der Waals surface area (Å²) in [5.74, 6) is -0.108. The maximum Gasteiger partial charge on any atom is 0.307 e. The van der Waals surface area contributed by atoms with Crippen molar-refractivity contribution >= 4 is 5.97 Å². The van der Waals surface area contributed by atoms with Gasteiger partial charge in [-0.15, -0.1) is 0 Å². The molecule has 156 valence electrons. The minimum atomic E-state index is -0.108. The Hall–Kier alpha value is -0.650. The average molecular weight is 373 g/mol. The number of aliphatic hydroxyl groups excluding tert-OH is 1. The third kappa shape index (κ3) is 21.4. The highest BCUT2D eigenvalue weighted by Crippen LogP contribution is 2.11. The molecule has 0 aromatic carbocycles. The highest BCUT2D eigenvalue weighted by atomic mass is 16.5. The Morgan fingerprint density at radius 1 is 0.731 bits per heavy atom. The zero-order valence-electron chi connectivity index (χ0n) is 17.2. The average Bonchev–Trinajstić information content (AvgIpc) is 2.64. The van der Waals surface area contributed by atoms with E-state index in [-0.39, 0.29) is 12.6 Å². The van der Waals surface area contributed by atoms with Crippen LogP contribution < -0.4 is 10.6 Å². The van der Waals surface area contributed by atoms with Crippen LogP contribution in [0.1, 0.15) is 90.4 Å². The van der Waals surface area contributed by atoms with Gasteiger partial charge in [-0.1, -0.05) is 77.6 Å². The van der Waals surface area contributed by atoms with Crippen molar-refractivity contribution in [1.82, 2.24) is 10.6 Å². The summed E-state index contributed by atoms with van der Waals surface area (Å²) >= 11 is 0. The third-order valence-corrected chi connectivity index (χ3v) is 4.53. The summed E-state index contributed by atoms with van der Waals surface area (Å²) < 4.78 is 5.25. The summed E-state index contributed by atoms with van der Waals surface area (Å²) in [7, 11) is 0. The third-order valence-electron chi connectivity index (χ3n) is 4.53. The highest BCUT2D eigenvalue weighted by molar-refractivity contribution is 5.69. The van der Waals surface area contributed by atoms with Gasteiger partial charge in [0.05, 0.1) is 19.6 Å². The molecule has 0 saturated heterocycles. The number of carbonyl (C=O) groups excluding carboxylic acids is 1. The molecule has 0 spiro atoms. The number of hydrogen-bond acceptors (Lipinski definition) is 5. The molecule has 5 nitrogen and oxygen atoms in total. The summed E-state index contributed by atoms with van der Waals surface area (Å²) in [4.78, 5) is 11.6. The van der Waals surface area contributed by atoms with Crippen molar-refractivity contribution in [3.8, 4) is 0 Å². The molecule has 0 atom stereocenters. The lowest BCUT2D eigenvalue weighted by Crippen LogP contribution is -2.30. The molecule has 0 aromatic rings. The Morgan fingerprint density at radius 3 is 1.77 bits per heavy atom. The quantitative estimate of drug-likeness (QED) is 0.211. The van der Waals surface area contributed by atoms with Crippen LogP contribution in [0.25, 0.3) is 0 Å². The summed E-state index contributed by atoms with van der Waals surface area (Å²) in [5, 5.41) is 14.9. The van der Waals surface area contributed by atoms with Crippen LogP contribution in [0, 0.1) is 0 Å². The first-order valence-corrected chi connectivity index (χ1v) is 11.0. The van der Waals surface area contributed by atoms with Gasteiger partial charge >= 0.3 is 5.97 Å². The van der Waals surface area contributed by atoms with Crippen molar-refractivity contribution in [2.24, 2.45) is 0 Å². The molecule has 0 aliphatic heterocycles. The second-order valence-electron chi connectivity index (χ2n) is 7.08. The topological polar surface area (TPSA) is 70.6 Å². The van der Waals surface area contributed by atoms with Gasteiger partial charge < -0.3 is 20.5 Å².